The molecule has 0 fully saturated rings. The summed E-state index contributed by atoms with van der Waals surface area (Å²) in [6, 6.07) is 8.01. The highest BCUT2D eigenvalue weighted by atomic mass is 35.5. The molecule has 1 atom stereocenters. The summed E-state index contributed by atoms with van der Waals surface area (Å²) >= 11 is 6.27. The van der Waals surface area contributed by atoms with Crippen molar-refractivity contribution in [1.82, 2.24) is 9.55 Å². The lowest BCUT2D eigenvalue weighted by Crippen LogP contribution is -2.26. The van der Waals surface area contributed by atoms with E-state index in [1.54, 1.807) is 31.2 Å². The first-order valence-corrected chi connectivity index (χ1v) is 10.2. The molecule has 0 bridgehead atoms. The number of hydrogen-bond acceptors (Lipinski definition) is 6. The Morgan fingerprint density at radius 2 is 2.06 bits per heavy atom. The maximum absolute atomic E-state index is 13.9. The van der Waals surface area contributed by atoms with Gasteiger partial charge in [-0.15, -0.1) is 6.58 Å². The number of aliphatic hydroxyl groups is 1. The van der Waals surface area contributed by atoms with Gasteiger partial charge >= 0.3 is 0 Å². The Morgan fingerprint density at radius 3 is 2.73 bits per heavy atom. The average molecular weight is 478 g/mol. The number of ether oxygens (including phenoxy) is 2. The lowest BCUT2D eigenvalue weighted by Gasteiger charge is -2.19. The summed E-state index contributed by atoms with van der Waals surface area (Å²) < 4.78 is 38.8. The van der Waals surface area contributed by atoms with Crippen LogP contribution in [0.3, 0.4) is 0 Å². The van der Waals surface area contributed by atoms with Crippen molar-refractivity contribution >= 4 is 17.5 Å². The van der Waals surface area contributed by atoms with Crippen molar-refractivity contribution < 1.29 is 23.4 Å². The summed E-state index contributed by atoms with van der Waals surface area (Å²) in [6.07, 6.45) is 0.374. The first kappa shape index (κ1) is 24.4. The van der Waals surface area contributed by atoms with Crippen LogP contribution in [0.15, 0.2) is 53.8 Å². The molecule has 2 aromatic carbocycles. The summed E-state index contributed by atoms with van der Waals surface area (Å²) in [6.45, 7) is 5.36. The van der Waals surface area contributed by atoms with E-state index in [0.717, 1.165) is 12.1 Å². The first-order valence-electron chi connectivity index (χ1n) is 9.82. The molecular weight excluding hydrogens is 456 g/mol. The van der Waals surface area contributed by atoms with Gasteiger partial charge in [-0.3, -0.25) is 4.79 Å². The van der Waals surface area contributed by atoms with Crippen molar-refractivity contribution in [2.75, 3.05) is 19.0 Å². The number of halogens is 3. The molecule has 0 amide bonds. The van der Waals surface area contributed by atoms with E-state index in [4.69, 9.17) is 21.1 Å². The normalized spacial score (nSPS) is 11.8. The van der Waals surface area contributed by atoms with Gasteiger partial charge in [0.15, 0.2) is 11.3 Å². The van der Waals surface area contributed by atoms with Crippen LogP contribution in [0.4, 0.5) is 14.7 Å². The zero-order valence-electron chi connectivity index (χ0n) is 17.9. The highest BCUT2D eigenvalue weighted by Gasteiger charge is 2.20. The summed E-state index contributed by atoms with van der Waals surface area (Å²) in [7, 11) is 1.35. The standard InChI is InChI=1S/C23H22ClF2N3O4/c1-4-9-27-23-28-20(33-12-15-7-8-16(25)11-17(15)26)19(24)21(30)29(23)18-10-14(22(31)32-3)6-5-13(18)2/h4-8,10-11,22,31H,1,9,12H2,2-3H3,(H,27,28). The van der Waals surface area contributed by atoms with E-state index in [1.807, 2.05) is 0 Å². The smallest absolute Gasteiger partial charge is 0.282 e. The lowest BCUT2D eigenvalue weighted by molar-refractivity contribution is -0.0769. The number of hydrogen-bond donors (Lipinski definition) is 2. The molecule has 0 saturated carbocycles. The van der Waals surface area contributed by atoms with Crippen molar-refractivity contribution in [2.45, 2.75) is 19.8 Å². The van der Waals surface area contributed by atoms with Gasteiger partial charge in [0.1, 0.15) is 18.2 Å². The molecule has 3 aromatic rings. The zero-order valence-corrected chi connectivity index (χ0v) is 18.7. The molecular formula is C23H22ClF2N3O4. The predicted octanol–water partition coefficient (Wildman–Crippen LogP) is 4.29. The van der Waals surface area contributed by atoms with Crippen LogP contribution >= 0.6 is 11.6 Å². The Kier molecular flexibility index (Phi) is 7.80. The molecule has 10 heteroatoms. The van der Waals surface area contributed by atoms with Gasteiger partial charge < -0.3 is 19.9 Å². The molecule has 0 aliphatic rings. The Labute approximate surface area is 193 Å². The Morgan fingerprint density at radius 1 is 1.30 bits per heavy atom. The molecule has 0 spiro atoms. The maximum Gasteiger partial charge on any atom is 0.282 e. The van der Waals surface area contributed by atoms with E-state index in [1.165, 1.54) is 17.7 Å². The number of aryl methyl sites for hydroxylation is 1. The van der Waals surface area contributed by atoms with Gasteiger partial charge in [-0.2, -0.15) is 4.98 Å². The van der Waals surface area contributed by atoms with Crippen LogP contribution in [0.5, 0.6) is 5.88 Å². The summed E-state index contributed by atoms with van der Waals surface area (Å²) in [5.74, 6) is -1.65. The van der Waals surface area contributed by atoms with Crippen molar-refractivity contribution in [3.63, 3.8) is 0 Å². The monoisotopic (exact) mass is 477 g/mol. The van der Waals surface area contributed by atoms with Crippen LogP contribution in [0.25, 0.3) is 5.69 Å². The van der Waals surface area contributed by atoms with Crippen LogP contribution in [0.1, 0.15) is 23.0 Å². The van der Waals surface area contributed by atoms with Gasteiger partial charge in [0.2, 0.25) is 11.8 Å². The number of methoxy groups -OCH3 is 1. The molecule has 174 valence electrons. The third kappa shape index (κ3) is 5.39. The largest absolute Gasteiger partial charge is 0.471 e. The third-order valence-corrected chi connectivity index (χ3v) is 5.09. The van der Waals surface area contributed by atoms with Crippen molar-refractivity contribution in [3.8, 4) is 11.6 Å². The van der Waals surface area contributed by atoms with E-state index in [0.29, 0.717) is 16.8 Å². The fourth-order valence-electron chi connectivity index (χ4n) is 3.02. The molecule has 0 saturated heterocycles. The number of aliphatic hydroxyl groups excluding tert-OH is 1. The molecule has 3 rings (SSSR count). The molecule has 1 heterocycles. The van der Waals surface area contributed by atoms with Crippen molar-refractivity contribution in [1.29, 1.82) is 0 Å². The minimum atomic E-state index is -1.19. The van der Waals surface area contributed by atoms with E-state index in [9.17, 15) is 18.7 Å². The molecule has 0 aliphatic carbocycles. The fourth-order valence-corrected chi connectivity index (χ4v) is 3.21. The quantitative estimate of drug-likeness (QED) is 0.353. The zero-order chi connectivity index (χ0) is 24.1. The maximum atomic E-state index is 13.9. The van der Waals surface area contributed by atoms with Crippen molar-refractivity contribution in [2.24, 2.45) is 0 Å². The van der Waals surface area contributed by atoms with Gasteiger partial charge in [0, 0.05) is 30.8 Å². The van der Waals surface area contributed by atoms with E-state index in [-0.39, 0.29) is 35.6 Å². The van der Waals surface area contributed by atoms with Crippen LogP contribution in [-0.2, 0) is 11.3 Å². The van der Waals surface area contributed by atoms with Crippen LogP contribution in [-0.4, -0.2) is 28.3 Å². The SMILES string of the molecule is C=CCNc1nc(OCc2ccc(F)cc2F)c(Cl)c(=O)n1-c1cc(C(O)OC)ccc1C. The second-order valence-corrected chi connectivity index (χ2v) is 7.40. The summed E-state index contributed by atoms with van der Waals surface area (Å²) in [4.78, 5) is 17.5. The molecule has 33 heavy (non-hydrogen) atoms. The lowest BCUT2D eigenvalue weighted by atomic mass is 10.1. The van der Waals surface area contributed by atoms with Gasteiger partial charge in [0.25, 0.3) is 5.56 Å². The topological polar surface area (TPSA) is 85.6 Å². The second-order valence-electron chi connectivity index (χ2n) is 7.02. The Bertz CT molecular complexity index is 1230. The number of nitrogens with zero attached hydrogens (tertiary/aromatic N) is 2. The van der Waals surface area contributed by atoms with Crippen LogP contribution < -0.4 is 15.6 Å². The first-order chi connectivity index (χ1) is 15.8. The molecule has 0 radical (unpaired) electrons. The predicted molar refractivity (Wildman–Crippen MR) is 121 cm³/mol. The number of rotatable bonds is 9. The highest BCUT2D eigenvalue weighted by Crippen LogP contribution is 2.27. The van der Waals surface area contributed by atoms with Gasteiger partial charge in [-0.1, -0.05) is 29.8 Å². The minimum Gasteiger partial charge on any atom is -0.471 e. The van der Waals surface area contributed by atoms with Crippen molar-refractivity contribution in [3.05, 3.63) is 92.8 Å². The molecule has 0 aliphatic heterocycles. The van der Waals surface area contributed by atoms with Crippen LogP contribution in [0, 0.1) is 18.6 Å². The average Bonchev–Trinajstić information content (AvgIpc) is 2.80. The molecule has 1 unspecified atom stereocenters. The molecule has 2 N–H and O–H groups in total. The number of benzene rings is 2. The van der Waals surface area contributed by atoms with E-state index < -0.39 is 23.5 Å². The highest BCUT2D eigenvalue weighted by molar-refractivity contribution is 6.31. The molecule has 7 nitrogen and oxygen atoms in total. The number of nitrogens with one attached hydrogen (secondary N) is 1. The second kappa shape index (κ2) is 10.6. The summed E-state index contributed by atoms with van der Waals surface area (Å²) in [5.41, 5.74) is 0.940. The number of anilines is 1. The Balaban J connectivity index is 2.08. The summed E-state index contributed by atoms with van der Waals surface area (Å²) in [5, 5.41) is 12.7. The Hall–Kier alpha value is -3.27. The molecule has 1 aromatic heterocycles. The third-order valence-electron chi connectivity index (χ3n) is 4.76. The van der Waals surface area contributed by atoms with E-state index in [2.05, 4.69) is 16.9 Å². The number of aromatic nitrogens is 2. The van der Waals surface area contributed by atoms with Gasteiger partial charge in [-0.25, -0.2) is 13.3 Å². The van der Waals surface area contributed by atoms with E-state index >= 15 is 0 Å². The minimum absolute atomic E-state index is 0.0659. The van der Waals surface area contributed by atoms with Gasteiger partial charge in [0.05, 0.1) is 5.69 Å². The van der Waals surface area contributed by atoms with Crippen LogP contribution in [0.2, 0.25) is 5.02 Å². The fraction of sp³-hybridized carbons (Fsp3) is 0.217. The van der Waals surface area contributed by atoms with Gasteiger partial charge in [-0.05, 0) is 30.7 Å².